The number of nitrogens with zero attached hydrogens (tertiary/aromatic N) is 5. The van der Waals surface area contributed by atoms with Crippen molar-refractivity contribution in [1.29, 1.82) is 0 Å². The molecule has 2 aromatic rings. The minimum Gasteiger partial charge on any atom is -0.341 e. The molecule has 7 heteroatoms. The summed E-state index contributed by atoms with van der Waals surface area (Å²) in [4.78, 5) is 27.2. The fourth-order valence-electron chi connectivity index (χ4n) is 3.21. The van der Waals surface area contributed by atoms with Crippen LogP contribution in [0.4, 0.5) is 0 Å². The van der Waals surface area contributed by atoms with Gasteiger partial charge in [0.15, 0.2) is 0 Å². The molecule has 2 aromatic heterocycles. The zero-order valence-electron chi connectivity index (χ0n) is 14.9. The third kappa shape index (κ3) is 2.95. The molecule has 0 saturated carbocycles. The van der Waals surface area contributed by atoms with Crippen LogP contribution in [0.2, 0.25) is 0 Å². The van der Waals surface area contributed by atoms with Gasteiger partial charge in [-0.15, -0.1) is 0 Å². The van der Waals surface area contributed by atoms with Gasteiger partial charge in [0.25, 0.3) is 5.56 Å². The van der Waals surface area contributed by atoms with Crippen molar-refractivity contribution < 1.29 is 4.79 Å². The van der Waals surface area contributed by atoms with E-state index in [4.69, 9.17) is 0 Å². The number of carbonyl (C=O) groups excluding carboxylic acids is 1. The van der Waals surface area contributed by atoms with Gasteiger partial charge in [0.05, 0.1) is 17.4 Å². The number of aromatic nitrogens is 4. The zero-order valence-corrected chi connectivity index (χ0v) is 14.9. The molecule has 0 bridgehead atoms. The van der Waals surface area contributed by atoms with Crippen molar-refractivity contribution in [3.8, 4) is 0 Å². The van der Waals surface area contributed by atoms with E-state index >= 15 is 0 Å². The average molecular weight is 331 g/mol. The van der Waals surface area contributed by atoms with Gasteiger partial charge in [-0.25, -0.2) is 4.68 Å². The summed E-state index contributed by atoms with van der Waals surface area (Å²) in [5, 5.41) is 9.45. The molecule has 0 spiro atoms. The van der Waals surface area contributed by atoms with Gasteiger partial charge in [-0.3, -0.25) is 14.3 Å². The molecule has 1 saturated heterocycles. The lowest BCUT2D eigenvalue weighted by Crippen LogP contribution is -2.40. The van der Waals surface area contributed by atoms with Crippen molar-refractivity contribution in [2.45, 2.75) is 59.0 Å². The Morgan fingerprint density at radius 1 is 1.21 bits per heavy atom. The Hall–Kier alpha value is -2.18. The lowest BCUT2D eigenvalue weighted by molar-refractivity contribution is -0.133. The fourth-order valence-corrected chi connectivity index (χ4v) is 3.21. The first-order valence-electron chi connectivity index (χ1n) is 8.53. The third-order valence-electron chi connectivity index (χ3n) is 4.50. The summed E-state index contributed by atoms with van der Waals surface area (Å²) in [5.74, 6) is -0.0372. The summed E-state index contributed by atoms with van der Waals surface area (Å²) in [6.07, 6.45) is 4.91. The van der Waals surface area contributed by atoms with Crippen molar-refractivity contribution in [3.63, 3.8) is 0 Å². The largest absolute Gasteiger partial charge is 0.341 e. The molecule has 0 atom stereocenters. The first-order valence-corrected chi connectivity index (χ1v) is 8.53. The molecule has 1 fully saturated rings. The van der Waals surface area contributed by atoms with Crippen LogP contribution in [0.15, 0.2) is 11.0 Å². The monoisotopic (exact) mass is 331 g/mol. The van der Waals surface area contributed by atoms with Crippen LogP contribution in [0.3, 0.4) is 0 Å². The standard InChI is InChI=1S/C17H25N5O2/c1-12-13-10-18-22(17(2,3)4)15(13)16(24)21(19-12)11-14(23)20-8-6-5-7-9-20/h10H,5-9,11H2,1-4H3. The summed E-state index contributed by atoms with van der Waals surface area (Å²) in [6.45, 7) is 9.38. The molecule has 0 aliphatic carbocycles. The molecule has 7 nitrogen and oxygen atoms in total. The molecule has 24 heavy (non-hydrogen) atoms. The van der Waals surface area contributed by atoms with Gasteiger partial charge >= 0.3 is 0 Å². The van der Waals surface area contributed by atoms with Crippen LogP contribution in [0.1, 0.15) is 45.7 Å². The maximum Gasteiger partial charge on any atom is 0.293 e. The average Bonchev–Trinajstić information content (AvgIpc) is 2.99. The van der Waals surface area contributed by atoms with E-state index in [1.165, 1.54) is 4.68 Å². The Balaban J connectivity index is 2.01. The van der Waals surface area contributed by atoms with Crippen molar-refractivity contribution in [1.82, 2.24) is 24.5 Å². The molecule has 0 radical (unpaired) electrons. The SMILES string of the molecule is Cc1nn(CC(=O)N2CCCCC2)c(=O)c2c1cnn2C(C)(C)C. The number of hydrogen-bond acceptors (Lipinski definition) is 4. The lowest BCUT2D eigenvalue weighted by Gasteiger charge is -2.26. The maximum atomic E-state index is 12.9. The number of aryl methyl sites for hydroxylation is 1. The summed E-state index contributed by atoms with van der Waals surface area (Å²) in [5.41, 5.74) is 0.657. The van der Waals surface area contributed by atoms with E-state index in [0.29, 0.717) is 11.2 Å². The summed E-state index contributed by atoms with van der Waals surface area (Å²) in [6, 6.07) is 0. The van der Waals surface area contributed by atoms with E-state index in [1.54, 1.807) is 10.9 Å². The second kappa shape index (κ2) is 6.03. The Bertz CT molecular complexity index is 822. The molecule has 0 aromatic carbocycles. The van der Waals surface area contributed by atoms with Crippen LogP contribution >= 0.6 is 0 Å². The van der Waals surface area contributed by atoms with Crippen LogP contribution in [0.5, 0.6) is 0 Å². The van der Waals surface area contributed by atoms with Gasteiger partial charge in [0.1, 0.15) is 12.1 Å². The van der Waals surface area contributed by atoms with Crippen LogP contribution in [0.25, 0.3) is 10.9 Å². The normalized spacial score (nSPS) is 15.9. The van der Waals surface area contributed by atoms with E-state index in [9.17, 15) is 9.59 Å². The number of likely N-dealkylation sites (tertiary alicyclic amines) is 1. The van der Waals surface area contributed by atoms with Gasteiger partial charge < -0.3 is 4.90 Å². The van der Waals surface area contributed by atoms with Crippen molar-refractivity contribution in [2.75, 3.05) is 13.1 Å². The minimum atomic E-state index is -0.316. The van der Waals surface area contributed by atoms with Crippen LogP contribution in [0, 0.1) is 6.92 Å². The number of carbonyl (C=O) groups is 1. The molecule has 0 N–H and O–H groups in total. The first-order chi connectivity index (χ1) is 11.3. The number of rotatable bonds is 2. The number of amides is 1. The zero-order chi connectivity index (χ0) is 17.5. The Kier molecular flexibility index (Phi) is 4.19. The molecular weight excluding hydrogens is 306 g/mol. The predicted molar refractivity (Wildman–Crippen MR) is 92.0 cm³/mol. The maximum absolute atomic E-state index is 12.9. The molecule has 1 aliphatic rings. The predicted octanol–water partition coefficient (Wildman–Crippen LogP) is 1.67. The summed E-state index contributed by atoms with van der Waals surface area (Å²) < 4.78 is 3.01. The molecule has 3 rings (SSSR count). The second-order valence-electron chi connectivity index (χ2n) is 7.48. The van der Waals surface area contributed by atoms with Crippen molar-refractivity contribution >= 4 is 16.8 Å². The molecule has 130 valence electrons. The molecule has 1 amide bonds. The van der Waals surface area contributed by atoms with E-state index < -0.39 is 0 Å². The topological polar surface area (TPSA) is 73.0 Å². The van der Waals surface area contributed by atoms with E-state index in [-0.39, 0.29) is 23.6 Å². The van der Waals surface area contributed by atoms with Crippen molar-refractivity contribution in [3.05, 3.63) is 22.2 Å². The third-order valence-corrected chi connectivity index (χ3v) is 4.50. The van der Waals surface area contributed by atoms with Crippen molar-refractivity contribution in [2.24, 2.45) is 0 Å². The Morgan fingerprint density at radius 3 is 2.50 bits per heavy atom. The minimum absolute atomic E-state index is 0.00899. The van der Waals surface area contributed by atoms with E-state index in [2.05, 4.69) is 10.2 Å². The lowest BCUT2D eigenvalue weighted by atomic mass is 10.1. The smallest absolute Gasteiger partial charge is 0.293 e. The van der Waals surface area contributed by atoms with E-state index in [1.807, 2.05) is 32.6 Å². The molecule has 1 aliphatic heterocycles. The van der Waals surface area contributed by atoms with Gasteiger partial charge in [0, 0.05) is 18.5 Å². The highest BCUT2D eigenvalue weighted by Gasteiger charge is 2.23. The fraction of sp³-hybridized carbons (Fsp3) is 0.647. The molecule has 3 heterocycles. The van der Waals surface area contributed by atoms with Gasteiger partial charge in [0.2, 0.25) is 5.91 Å². The Labute approximate surface area is 141 Å². The van der Waals surface area contributed by atoms with Crippen LogP contribution < -0.4 is 5.56 Å². The second-order valence-corrected chi connectivity index (χ2v) is 7.48. The molecular formula is C17H25N5O2. The van der Waals surface area contributed by atoms with Gasteiger partial charge in [-0.1, -0.05) is 0 Å². The Morgan fingerprint density at radius 2 is 1.88 bits per heavy atom. The van der Waals surface area contributed by atoms with Gasteiger partial charge in [-0.05, 0) is 47.0 Å². The van der Waals surface area contributed by atoms with Crippen LogP contribution in [-0.4, -0.2) is 43.5 Å². The highest BCUT2D eigenvalue weighted by atomic mass is 16.2. The number of hydrogen-bond donors (Lipinski definition) is 0. The van der Waals surface area contributed by atoms with Crippen LogP contribution in [-0.2, 0) is 16.9 Å². The highest BCUT2D eigenvalue weighted by molar-refractivity contribution is 5.81. The van der Waals surface area contributed by atoms with E-state index in [0.717, 1.165) is 37.7 Å². The number of piperidine rings is 1. The summed E-state index contributed by atoms with van der Waals surface area (Å²) in [7, 11) is 0. The number of fused-ring (bicyclic) bond motifs is 1. The summed E-state index contributed by atoms with van der Waals surface area (Å²) >= 11 is 0. The van der Waals surface area contributed by atoms with Gasteiger partial charge in [-0.2, -0.15) is 10.2 Å². The highest BCUT2D eigenvalue weighted by Crippen LogP contribution is 2.20. The quantitative estimate of drug-likeness (QED) is 0.839. The molecule has 0 unspecified atom stereocenters. The first kappa shape index (κ1) is 16.7.